The maximum atomic E-state index is 13.6. The second-order valence-corrected chi connectivity index (χ2v) is 9.08. The summed E-state index contributed by atoms with van der Waals surface area (Å²) in [5.41, 5.74) is 10.2. The van der Waals surface area contributed by atoms with Crippen LogP contribution in [0.4, 0.5) is 0 Å². The minimum atomic E-state index is -0.408. The molecular formula is C25H21ClN2O3S. The third-order valence-corrected chi connectivity index (χ3v) is 6.98. The Labute approximate surface area is 194 Å². The Hall–Kier alpha value is -3.09. The summed E-state index contributed by atoms with van der Waals surface area (Å²) < 4.78 is 12.5. The number of hydrogen-bond donors (Lipinski definition) is 1. The number of Topliss-reactive ketones (excluding diaryl/α,β-unsaturated/α-hetero) is 1. The lowest BCUT2D eigenvalue weighted by Gasteiger charge is -2.33. The Kier molecular flexibility index (Phi) is 5.49. The number of thiazole rings is 1. The molecule has 0 fully saturated rings. The van der Waals surface area contributed by atoms with Crippen LogP contribution in [0.2, 0.25) is 5.02 Å². The normalized spacial score (nSPS) is 20.0. The van der Waals surface area contributed by atoms with Crippen LogP contribution in [-0.2, 0) is 14.3 Å². The molecule has 2 aliphatic rings. The number of carbonyl (C=O) groups excluding carboxylic acids is 1. The van der Waals surface area contributed by atoms with E-state index in [9.17, 15) is 4.79 Å². The number of allylic oxidation sites excluding steroid dienone is 4. The molecule has 1 atom stereocenters. The van der Waals surface area contributed by atoms with Crippen LogP contribution in [-0.4, -0.2) is 17.4 Å². The summed E-state index contributed by atoms with van der Waals surface area (Å²) in [4.78, 5) is 18.4. The fraction of sp³-hybridized carbons (Fsp3) is 0.200. The van der Waals surface area contributed by atoms with Crippen molar-refractivity contribution < 1.29 is 14.3 Å². The van der Waals surface area contributed by atoms with Gasteiger partial charge >= 0.3 is 0 Å². The molecule has 2 heterocycles. The van der Waals surface area contributed by atoms with Crippen molar-refractivity contribution in [1.29, 1.82) is 0 Å². The standard InChI is InChI=1S/C25H21ClN2O3S/c1-2-30-13-15-9-12-18-21(23(15)29)20(14-7-10-16(26)11-8-14)22(24(27)31-18)25-28-17-5-3-4-6-19(17)32-25/h3-8,10-11,13,20H,2,9,12,27H2,1H3. The van der Waals surface area contributed by atoms with E-state index in [1.54, 1.807) is 6.26 Å². The number of nitrogens with zero attached hydrogens (tertiary/aromatic N) is 1. The van der Waals surface area contributed by atoms with Crippen LogP contribution in [0.25, 0.3) is 15.8 Å². The second kappa shape index (κ2) is 8.45. The van der Waals surface area contributed by atoms with E-state index in [1.807, 2.05) is 55.5 Å². The lowest BCUT2D eigenvalue weighted by Crippen LogP contribution is -2.28. The molecule has 0 radical (unpaired) electrons. The van der Waals surface area contributed by atoms with Gasteiger partial charge in [-0.3, -0.25) is 4.79 Å². The first-order valence-corrected chi connectivity index (χ1v) is 11.6. The molecule has 1 unspecified atom stereocenters. The summed E-state index contributed by atoms with van der Waals surface area (Å²) in [5.74, 6) is 0.416. The summed E-state index contributed by atoms with van der Waals surface area (Å²) in [6.45, 7) is 2.40. The highest BCUT2D eigenvalue weighted by Gasteiger charge is 2.41. The van der Waals surface area contributed by atoms with Gasteiger partial charge in [0.05, 0.1) is 34.2 Å². The number of ketones is 1. The molecule has 1 aliphatic heterocycles. The van der Waals surface area contributed by atoms with E-state index in [4.69, 9.17) is 31.8 Å². The number of benzene rings is 2. The Morgan fingerprint density at radius 1 is 1.19 bits per heavy atom. The van der Waals surface area contributed by atoms with Crippen molar-refractivity contribution in [2.75, 3.05) is 6.61 Å². The maximum absolute atomic E-state index is 13.6. The average molecular weight is 465 g/mol. The lowest BCUT2D eigenvalue weighted by atomic mass is 9.76. The van der Waals surface area contributed by atoms with E-state index in [1.165, 1.54) is 11.3 Å². The van der Waals surface area contributed by atoms with Crippen molar-refractivity contribution in [3.05, 3.63) is 93.2 Å². The summed E-state index contributed by atoms with van der Waals surface area (Å²) in [5, 5.41) is 1.37. The molecule has 0 bridgehead atoms. The summed E-state index contributed by atoms with van der Waals surface area (Å²) in [6.07, 6.45) is 2.71. The first-order chi connectivity index (χ1) is 15.6. The summed E-state index contributed by atoms with van der Waals surface area (Å²) >= 11 is 7.69. The van der Waals surface area contributed by atoms with Crippen LogP contribution in [0.1, 0.15) is 36.3 Å². The SMILES string of the molecule is CCOC=C1CCC2=C(C1=O)C(c1ccc(Cl)cc1)C(c1nc3ccccc3s1)=C(N)O2. The first-order valence-electron chi connectivity index (χ1n) is 10.4. The van der Waals surface area contributed by atoms with E-state index in [-0.39, 0.29) is 11.7 Å². The largest absolute Gasteiger partial charge is 0.501 e. The second-order valence-electron chi connectivity index (χ2n) is 7.62. The zero-order chi connectivity index (χ0) is 22.2. The van der Waals surface area contributed by atoms with Crippen molar-refractivity contribution in [1.82, 2.24) is 4.98 Å². The Balaban J connectivity index is 1.69. The molecule has 0 saturated heterocycles. The summed E-state index contributed by atoms with van der Waals surface area (Å²) in [6, 6.07) is 15.4. The molecule has 5 nitrogen and oxygen atoms in total. The van der Waals surface area contributed by atoms with Crippen molar-refractivity contribution in [2.24, 2.45) is 5.73 Å². The van der Waals surface area contributed by atoms with Crippen molar-refractivity contribution in [3.8, 4) is 0 Å². The Morgan fingerprint density at radius 2 is 1.97 bits per heavy atom. The van der Waals surface area contributed by atoms with Gasteiger partial charge in [0, 0.05) is 22.9 Å². The predicted octanol–water partition coefficient (Wildman–Crippen LogP) is 5.93. The van der Waals surface area contributed by atoms with E-state index in [0.717, 1.165) is 20.8 Å². The highest BCUT2D eigenvalue weighted by Crippen LogP contribution is 2.49. The van der Waals surface area contributed by atoms with E-state index in [0.29, 0.717) is 46.9 Å². The van der Waals surface area contributed by atoms with Gasteiger partial charge in [0.15, 0.2) is 11.7 Å². The van der Waals surface area contributed by atoms with Crippen LogP contribution in [0.5, 0.6) is 0 Å². The van der Waals surface area contributed by atoms with Gasteiger partial charge in [0.25, 0.3) is 0 Å². The first kappa shape index (κ1) is 20.8. The van der Waals surface area contributed by atoms with Crippen LogP contribution < -0.4 is 5.73 Å². The predicted molar refractivity (Wildman–Crippen MR) is 127 cm³/mol. The van der Waals surface area contributed by atoms with Gasteiger partial charge in [-0.05, 0) is 43.2 Å². The molecule has 0 spiro atoms. The molecule has 2 N–H and O–H groups in total. The fourth-order valence-electron chi connectivity index (χ4n) is 4.17. The molecule has 0 amide bonds. The van der Waals surface area contributed by atoms with E-state index >= 15 is 0 Å². The monoisotopic (exact) mass is 464 g/mol. The van der Waals surface area contributed by atoms with Crippen molar-refractivity contribution in [2.45, 2.75) is 25.7 Å². The van der Waals surface area contributed by atoms with E-state index < -0.39 is 5.92 Å². The molecular weight excluding hydrogens is 444 g/mol. The molecule has 1 aliphatic carbocycles. The molecule has 5 rings (SSSR count). The van der Waals surface area contributed by atoms with Gasteiger partial charge in [-0.1, -0.05) is 35.9 Å². The number of ether oxygens (including phenoxy) is 2. The van der Waals surface area contributed by atoms with E-state index in [2.05, 4.69) is 0 Å². The zero-order valence-electron chi connectivity index (χ0n) is 17.4. The molecule has 3 aromatic rings. The fourth-order valence-corrected chi connectivity index (χ4v) is 5.34. The number of hydrogen-bond acceptors (Lipinski definition) is 6. The average Bonchev–Trinajstić information content (AvgIpc) is 3.22. The van der Waals surface area contributed by atoms with Crippen LogP contribution >= 0.6 is 22.9 Å². The van der Waals surface area contributed by atoms with Crippen molar-refractivity contribution in [3.63, 3.8) is 0 Å². The highest BCUT2D eigenvalue weighted by atomic mass is 35.5. The topological polar surface area (TPSA) is 74.4 Å². The van der Waals surface area contributed by atoms with Crippen LogP contribution in [0.15, 0.2) is 77.6 Å². The lowest BCUT2D eigenvalue weighted by molar-refractivity contribution is -0.113. The molecule has 32 heavy (non-hydrogen) atoms. The van der Waals surface area contributed by atoms with Crippen molar-refractivity contribution >= 4 is 44.5 Å². The number of nitrogens with two attached hydrogens (primary N) is 1. The molecule has 162 valence electrons. The van der Waals surface area contributed by atoms with Gasteiger partial charge in [-0.15, -0.1) is 11.3 Å². The molecule has 0 saturated carbocycles. The molecule has 7 heteroatoms. The van der Waals surface area contributed by atoms with Gasteiger partial charge < -0.3 is 15.2 Å². The van der Waals surface area contributed by atoms with Gasteiger partial charge in [-0.2, -0.15) is 0 Å². The maximum Gasteiger partial charge on any atom is 0.197 e. The van der Waals surface area contributed by atoms with Gasteiger partial charge in [0.2, 0.25) is 0 Å². The van der Waals surface area contributed by atoms with Crippen LogP contribution in [0, 0.1) is 0 Å². The minimum absolute atomic E-state index is 0.0780. The summed E-state index contributed by atoms with van der Waals surface area (Å²) in [7, 11) is 0. The zero-order valence-corrected chi connectivity index (χ0v) is 19.0. The number of carbonyl (C=O) groups is 1. The number of aromatic nitrogens is 1. The quantitative estimate of drug-likeness (QED) is 0.382. The Bertz CT molecular complexity index is 1270. The number of halogens is 1. The van der Waals surface area contributed by atoms with Crippen LogP contribution in [0.3, 0.4) is 0 Å². The molecule has 1 aromatic heterocycles. The Morgan fingerprint density at radius 3 is 2.72 bits per heavy atom. The highest BCUT2D eigenvalue weighted by molar-refractivity contribution is 7.19. The number of para-hydroxylation sites is 1. The smallest absolute Gasteiger partial charge is 0.197 e. The minimum Gasteiger partial charge on any atom is -0.501 e. The molecule has 2 aromatic carbocycles. The third kappa shape index (κ3) is 3.59. The number of rotatable bonds is 4. The third-order valence-electron chi connectivity index (χ3n) is 5.65. The number of fused-ring (bicyclic) bond motifs is 1. The van der Waals surface area contributed by atoms with Gasteiger partial charge in [-0.25, -0.2) is 4.98 Å². The van der Waals surface area contributed by atoms with Gasteiger partial charge in [0.1, 0.15) is 10.8 Å².